The highest BCUT2D eigenvalue weighted by Crippen LogP contribution is 2.39. The molecule has 0 aliphatic carbocycles. The first-order chi connectivity index (χ1) is 19.1. The van der Waals surface area contributed by atoms with Gasteiger partial charge in [0.05, 0.1) is 19.9 Å². The number of anilines is 2. The molecule has 2 aromatic carbocycles. The van der Waals surface area contributed by atoms with E-state index in [2.05, 4.69) is 46.9 Å². The van der Waals surface area contributed by atoms with Gasteiger partial charge in [0.1, 0.15) is 11.4 Å². The van der Waals surface area contributed by atoms with Crippen LogP contribution in [0.2, 0.25) is 0 Å². The fraction of sp³-hybridized carbons (Fsp3) is 0.379. The number of benzene rings is 2. The van der Waals surface area contributed by atoms with Gasteiger partial charge in [-0.3, -0.25) is 19.9 Å². The third-order valence-corrected chi connectivity index (χ3v) is 6.38. The number of nitrogens with one attached hydrogen (secondary N) is 3. The molecule has 1 saturated heterocycles. The highest BCUT2D eigenvalue weighted by Gasteiger charge is 2.23. The number of amides is 2. The Morgan fingerprint density at radius 1 is 1.02 bits per heavy atom. The van der Waals surface area contributed by atoms with Crippen molar-refractivity contribution >= 4 is 23.2 Å². The number of nitrogens with zero attached hydrogens (tertiary/aromatic N) is 3. The zero-order valence-electron chi connectivity index (χ0n) is 23.8. The van der Waals surface area contributed by atoms with Crippen molar-refractivity contribution in [1.29, 1.82) is 0 Å². The van der Waals surface area contributed by atoms with Crippen molar-refractivity contribution in [3.63, 3.8) is 0 Å². The number of ether oxygens (including phenoxy) is 2. The van der Waals surface area contributed by atoms with Crippen LogP contribution in [0.1, 0.15) is 52.9 Å². The molecule has 11 heteroatoms. The minimum atomic E-state index is -0.349. The number of aromatic nitrogens is 2. The van der Waals surface area contributed by atoms with E-state index in [1.165, 1.54) is 20.4 Å². The molecule has 40 heavy (non-hydrogen) atoms. The van der Waals surface area contributed by atoms with E-state index >= 15 is 0 Å². The van der Waals surface area contributed by atoms with Gasteiger partial charge in [-0.15, -0.1) is 0 Å². The van der Waals surface area contributed by atoms with Gasteiger partial charge in [-0.1, -0.05) is 20.8 Å². The molecule has 1 aliphatic heterocycles. The fourth-order valence-electron chi connectivity index (χ4n) is 4.32. The van der Waals surface area contributed by atoms with Crippen molar-refractivity contribution in [3.8, 4) is 17.4 Å². The number of piperazine rings is 1. The Kier molecular flexibility index (Phi) is 8.86. The third-order valence-electron chi connectivity index (χ3n) is 6.38. The number of aryl methyl sites for hydroxylation is 1. The van der Waals surface area contributed by atoms with E-state index in [-0.39, 0.29) is 28.9 Å². The van der Waals surface area contributed by atoms with Gasteiger partial charge in [0.2, 0.25) is 11.7 Å². The number of carbonyl (C=O) groups is 2. The predicted octanol–water partition coefficient (Wildman–Crippen LogP) is 4.15. The van der Waals surface area contributed by atoms with Crippen LogP contribution < -0.4 is 25.6 Å². The minimum Gasteiger partial charge on any atom is -0.492 e. The van der Waals surface area contributed by atoms with Crippen LogP contribution in [0.15, 0.2) is 42.6 Å². The first kappa shape index (κ1) is 28.8. The standard InChI is InChI=1S/C29H36N6O5/c1-18-13-19(27(36)32-22-16-20(29(2,3)4)17-23(34-39-6)25(22)38-5)15-21(14-18)40-24-7-8-31-26(33-24)28(37)35-11-9-30-10-12-35/h7-8,13-17,30,34H,9-12H2,1-6H3,(H,32,36). The second kappa shape index (κ2) is 12.3. The topological polar surface area (TPSA) is 127 Å². The van der Waals surface area contributed by atoms with Crippen LogP contribution in [-0.4, -0.2) is 67.1 Å². The van der Waals surface area contributed by atoms with Crippen LogP contribution in [0.25, 0.3) is 0 Å². The van der Waals surface area contributed by atoms with Crippen molar-refractivity contribution in [3.05, 3.63) is 65.1 Å². The SMILES string of the molecule is CONc1cc(C(C)(C)C)cc(NC(=O)c2cc(C)cc(Oc3ccnc(C(=O)N4CCNCC4)n3)c2)c1OC. The van der Waals surface area contributed by atoms with E-state index in [1.807, 2.05) is 19.1 Å². The normalized spacial score (nSPS) is 13.5. The smallest absolute Gasteiger partial charge is 0.291 e. The molecule has 0 saturated carbocycles. The molecule has 0 unspecified atom stereocenters. The van der Waals surface area contributed by atoms with Crippen LogP contribution in [0, 0.1) is 6.92 Å². The highest BCUT2D eigenvalue weighted by molar-refractivity contribution is 6.06. The number of rotatable bonds is 8. The molecule has 0 atom stereocenters. The van der Waals surface area contributed by atoms with Crippen LogP contribution in [0.5, 0.6) is 17.4 Å². The zero-order valence-corrected chi connectivity index (χ0v) is 23.8. The van der Waals surface area contributed by atoms with E-state index in [1.54, 1.807) is 29.2 Å². The van der Waals surface area contributed by atoms with Crippen LogP contribution in [0.4, 0.5) is 11.4 Å². The molecule has 0 bridgehead atoms. The van der Waals surface area contributed by atoms with Crippen LogP contribution >= 0.6 is 0 Å². The summed E-state index contributed by atoms with van der Waals surface area (Å²) in [5.74, 6) is 0.525. The molecule has 4 rings (SSSR count). The van der Waals surface area contributed by atoms with E-state index in [9.17, 15) is 9.59 Å². The zero-order chi connectivity index (χ0) is 28.9. The summed E-state index contributed by atoms with van der Waals surface area (Å²) in [5, 5.41) is 6.19. The van der Waals surface area contributed by atoms with Gasteiger partial charge in [0.25, 0.3) is 11.8 Å². The van der Waals surface area contributed by atoms with Gasteiger partial charge in [0.15, 0.2) is 5.75 Å². The van der Waals surface area contributed by atoms with Gasteiger partial charge in [0, 0.05) is 44.0 Å². The summed E-state index contributed by atoms with van der Waals surface area (Å²) in [6, 6.07) is 10.6. The van der Waals surface area contributed by atoms with Gasteiger partial charge in [-0.2, -0.15) is 4.98 Å². The highest BCUT2D eigenvalue weighted by atomic mass is 16.6. The second-order valence-corrected chi connectivity index (χ2v) is 10.5. The molecule has 0 spiro atoms. The summed E-state index contributed by atoms with van der Waals surface area (Å²) < 4.78 is 11.6. The first-order valence-electron chi connectivity index (χ1n) is 13.0. The molecule has 0 radical (unpaired) electrons. The van der Waals surface area contributed by atoms with Crippen molar-refractivity contribution in [2.24, 2.45) is 0 Å². The molecule has 3 aromatic rings. The lowest BCUT2D eigenvalue weighted by atomic mass is 9.86. The lowest BCUT2D eigenvalue weighted by molar-refractivity contribution is 0.0722. The summed E-state index contributed by atoms with van der Waals surface area (Å²) in [4.78, 5) is 41.5. The van der Waals surface area contributed by atoms with Gasteiger partial charge >= 0.3 is 0 Å². The van der Waals surface area contributed by atoms with E-state index in [0.717, 1.165) is 24.2 Å². The maximum atomic E-state index is 13.4. The Hall–Kier alpha value is -4.22. The third kappa shape index (κ3) is 6.85. The van der Waals surface area contributed by atoms with Gasteiger partial charge in [-0.05, 0) is 53.8 Å². The van der Waals surface area contributed by atoms with Gasteiger partial charge in [-0.25, -0.2) is 4.98 Å². The molecule has 11 nitrogen and oxygen atoms in total. The Bertz CT molecular complexity index is 1380. The molecule has 2 amide bonds. The summed E-state index contributed by atoms with van der Waals surface area (Å²) in [7, 11) is 3.04. The summed E-state index contributed by atoms with van der Waals surface area (Å²) >= 11 is 0. The van der Waals surface area contributed by atoms with Crippen molar-refractivity contribution in [1.82, 2.24) is 20.2 Å². The predicted molar refractivity (Wildman–Crippen MR) is 152 cm³/mol. The quantitative estimate of drug-likeness (QED) is 0.356. The second-order valence-electron chi connectivity index (χ2n) is 10.5. The van der Waals surface area contributed by atoms with Crippen LogP contribution in [-0.2, 0) is 10.3 Å². The molecule has 1 aliphatic rings. The van der Waals surface area contributed by atoms with E-state index in [0.29, 0.717) is 41.5 Å². The minimum absolute atomic E-state index is 0.0660. The van der Waals surface area contributed by atoms with Crippen molar-refractivity contribution in [2.45, 2.75) is 33.1 Å². The van der Waals surface area contributed by atoms with Gasteiger partial charge < -0.3 is 25.0 Å². The largest absolute Gasteiger partial charge is 0.492 e. The maximum absolute atomic E-state index is 13.4. The number of carbonyl (C=O) groups excluding carboxylic acids is 2. The monoisotopic (exact) mass is 548 g/mol. The molecule has 1 aromatic heterocycles. The number of hydrogen-bond donors (Lipinski definition) is 3. The van der Waals surface area contributed by atoms with Crippen molar-refractivity contribution < 1.29 is 23.9 Å². The Morgan fingerprint density at radius 2 is 1.75 bits per heavy atom. The summed E-state index contributed by atoms with van der Waals surface area (Å²) in [6.07, 6.45) is 1.49. The average molecular weight is 549 g/mol. The molecule has 2 heterocycles. The number of methoxy groups -OCH3 is 1. The lowest BCUT2D eigenvalue weighted by Gasteiger charge is -2.26. The summed E-state index contributed by atoms with van der Waals surface area (Å²) in [6.45, 7) is 10.8. The first-order valence-corrected chi connectivity index (χ1v) is 13.0. The lowest BCUT2D eigenvalue weighted by Crippen LogP contribution is -2.46. The van der Waals surface area contributed by atoms with E-state index in [4.69, 9.17) is 14.3 Å². The molecular weight excluding hydrogens is 512 g/mol. The molecular formula is C29H36N6O5. The maximum Gasteiger partial charge on any atom is 0.291 e. The fourth-order valence-corrected chi connectivity index (χ4v) is 4.32. The van der Waals surface area contributed by atoms with E-state index < -0.39 is 0 Å². The molecule has 212 valence electrons. The van der Waals surface area contributed by atoms with Crippen molar-refractivity contribution in [2.75, 3.05) is 51.2 Å². The van der Waals surface area contributed by atoms with Crippen LogP contribution in [0.3, 0.4) is 0 Å². The average Bonchev–Trinajstić information content (AvgIpc) is 2.92. The number of hydrogen-bond acceptors (Lipinski definition) is 9. The Labute approximate surface area is 234 Å². The Balaban J connectivity index is 1.58. The summed E-state index contributed by atoms with van der Waals surface area (Å²) in [5.41, 5.74) is 5.90. The Morgan fingerprint density at radius 3 is 2.42 bits per heavy atom. The molecule has 1 fully saturated rings. The molecule has 3 N–H and O–H groups in total.